The first-order valence-electron chi connectivity index (χ1n) is 6.93. The van der Waals surface area contributed by atoms with Crippen molar-refractivity contribution in [2.45, 2.75) is 6.61 Å². The largest absolute Gasteiger partial charge is 0.378 e. The van der Waals surface area contributed by atoms with Crippen LogP contribution in [0.4, 0.5) is 0 Å². The number of thiazole rings is 1. The molecule has 0 bridgehead atoms. The molecule has 0 aliphatic carbocycles. The highest BCUT2D eigenvalue weighted by atomic mass is 32.1. The summed E-state index contributed by atoms with van der Waals surface area (Å²) < 4.78 is 4.99. The van der Waals surface area contributed by atoms with E-state index in [1.807, 2.05) is 0 Å². The van der Waals surface area contributed by atoms with Gasteiger partial charge in [0.25, 0.3) is 11.5 Å². The molecule has 2 heterocycles. The smallest absolute Gasteiger partial charge is 0.292 e. The van der Waals surface area contributed by atoms with Crippen LogP contribution in [0, 0.1) is 0 Å². The van der Waals surface area contributed by atoms with Gasteiger partial charge in [-0.25, -0.2) is 15.5 Å². The van der Waals surface area contributed by atoms with Crippen molar-refractivity contribution < 1.29 is 9.53 Å². The van der Waals surface area contributed by atoms with Crippen molar-refractivity contribution in [1.29, 1.82) is 0 Å². The molecule has 0 aliphatic rings. The summed E-state index contributed by atoms with van der Waals surface area (Å²) in [5.41, 5.74) is 2.75. The third kappa shape index (κ3) is 3.36. The van der Waals surface area contributed by atoms with Crippen molar-refractivity contribution >= 4 is 34.2 Å². The number of hydrazone groups is 1. The Balaban J connectivity index is 1.77. The molecule has 0 saturated heterocycles. The zero-order chi connectivity index (χ0) is 16.9. The Morgan fingerprint density at radius 2 is 2.21 bits per heavy atom. The molecule has 0 atom stereocenters. The topological polar surface area (TPSA) is 109 Å². The number of amides is 1. The van der Waals surface area contributed by atoms with E-state index in [-0.39, 0.29) is 11.3 Å². The highest BCUT2D eigenvalue weighted by Gasteiger charge is 2.13. The monoisotopic (exact) mass is 343 g/mol. The SMILES string of the molecule is COCc1nc(/C=N/NC(=O)c2n[nH]c(=O)c3ccccc23)cs1. The molecule has 1 amide bonds. The van der Waals surface area contributed by atoms with Crippen LogP contribution in [0.1, 0.15) is 21.2 Å². The lowest BCUT2D eigenvalue weighted by Gasteiger charge is -2.02. The molecule has 0 saturated carbocycles. The fraction of sp³-hybridized carbons (Fsp3) is 0.133. The third-order valence-corrected chi connectivity index (χ3v) is 3.95. The number of nitrogens with one attached hydrogen (secondary N) is 2. The first-order valence-corrected chi connectivity index (χ1v) is 7.81. The van der Waals surface area contributed by atoms with E-state index in [1.165, 1.54) is 17.6 Å². The predicted molar refractivity (Wildman–Crippen MR) is 90.3 cm³/mol. The maximum atomic E-state index is 12.2. The van der Waals surface area contributed by atoms with Crippen molar-refractivity contribution in [3.8, 4) is 0 Å². The number of rotatable bonds is 5. The second-order valence-corrected chi connectivity index (χ2v) is 5.69. The van der Waals surface area contributed by atoms with E-state index in [0.29, 0.717) is 23.1 Å². The van der Waals surface area contributed by atoms with Gasteiger partial charge in [-0.3, -0.25) is 9.59 Å². The molecule has 122 valence electrons. The van der Waals surface area contributed by atoms with Gasteiger partial charge >= 0.3 is 0 Å². The highest BCUT2D eigenvalue weighted by Crippen LogP contribution is 2.12. The number of carbonyl (C=O) groups excluding carboxylic acids is 1. The fourth-order valence-electron chi connectivity index (χ4n) is 2.07. The number of aromatic nitrogens is 3. The normalized spacial score (nSPS) is 11.2. The number of ether oxygens (including phenoxy) is 1. The highest BCUT2D eigenvalue weighted by molar-refractivity contribution is 7.09. The number of H-pyrrole nitrogens is 1. The molecular formula is C15H13N5O3S. The molecule has 9 heteroatoms. The van der Waals surface area contributed by atoms with Gasteiger partial charge in [0.2, 0.25) is 0 Å². The second-order valence-electron chi connectivity index (χ2n) is 4.75. The van der Waals surface area contributed by atoms with Crippen LogP contribution < -0.4 is 11.0 Å². The van der Waals surface area contributed by atoms with Crippen LogP contribution in [0.2, 0.25) is 0 Å². The molecule has 0 radical (unpaired) electrons. The van der Waals surface area contributed by atoms with Crippen LogP contribution in [0.25, 0.3) is 10.8 Å². The Morgan fingerprint density at radius 3 is 3.00 bits per heavy atom. The minimum atomic E-state index is -0.522. The summed E-state index contributed by atoms with van der Waals surface area (Å²) in [6.07, 6.45) is 1.43. The summed E-state index contributed by atoms with van der Waals surface area (Å²) in [6, 6.07) is 6.74. The van der Waals surface area contributed by atoms with E-state index in [9.17, 15) is 9.59 Å². The minimum Gasteiger partial charge on any atom is -0.378 e. The van der Waals surface area contributed by atoms with Gasteiger partial charge in [-0.2, -0.15) is 10.2 Å². The molecule has 2 aromatic heterocycles. The van der Waals surface area contributed by atoms with Crippen LogP contribution in [0.5, 0.6) is 0 Å². The number of methoxy groups -OCH3 is 1. The maximum absolute atomic E-state index is 12.2. The van der Waals surface area contributed by atoms with Crippen LogP contribution in [-0.4, -0.2) is 34.4 Å². The summed E-state index contributed by atoms with van der Waals surface area (Å²) in [5, 5.41) is 13.5. The number of carbonyl (C=O) groups is 1. The van der Waals surface area contributed by atoms with Gasteiger partial charge in [-0.1, -0.05) is 18.2 Å². The predicted octanol–water partition coefficient (Wildman–Crippen LogP) is 1.29. The number of nitrogens with zero attached hydrogens (tertiary/aromatic N) is 3. The Kier molecular flexibility index (Phi) is 4.73. The van der Waals surface area contributed by atoms with Crippen molar-refractivity contribution in [1.82, 2.24) is 20.6 Å². The van der Waals surface area contributed by atoms with E-state index >= 15 is 0 Å². The summed E-state index contributed by atoms with van der Waals surface area (Å²) in [6.45, 7) is 0.429. The lowest BCUT2D eigenvalue weighted by Crippen LogP contribution is -2.22. The summed E-state index contributed by atoms with van der Waals surface area (Å²) in [7, 11) is 1.59. The van der Waals surface area contributed by atoms with Crippen LogP contribution >= 0.6 is 11.3 Å². The second kappa shape index (κ2) is 7.11. The molecule has 3 rings (SSSR count). The maximum Gasteiger partial charge on any atom is 0.292 e. The van der Waals surface area contributed by atoms with E-state index in [2.05, 4.69) is 25.7 Å². The number of fused-ring (bicyclic) bond motifs is 1. The van der Waals surface area contributed by atoms with Crippen LogP contribution in [0.15, 0.2) is 39.5 Å². The summed E-state index contributed by atoms with van der Waals surface area (Å²) in [5.74, 6) is -0.522. The van der Waals surface area contributed by atoms with Gasteiger partial charge in [-0.15, -0.1) is 11.3 Å². The molecule has 3 aromatic rings. The van der Waals surface area contributed by atoms with Crippen molar-refractivity contribution in [2.24, 2.45) is 5.10 Å². The first-order chi connectivity index (χ1) is 11.7. The van der Waals surface area contributed by atoms with Gasteiger partial charge in [0, 0.05) is 17.9 Å². The van der Waals surface area contributed by atoms with Gasteiger partial charge in [0.15, 0.2) is 5.69 Å². The first kappa shape index (κ1) is 16.0. The Hall–Kier alpha value is -2.91. The standard InChI is InChI=1S/C15H13N5O3S/c1-23-7-12-17-9(8-24-12)6-16-19-15(22)13-10-4-2-3-5-11(10)14(21)20-18-13/h2-6,8H,7H2,1H3,(H,19,22)(H,20,21)/b16-6+. The van der Waals surface area contributed by atoms with Gasteiger partial charge in [0.05, 0.1) is 23.9 Å². The lowest BCUT2D eigenvalue weighted by molar-refractivity contribution is 0.0951. The number of hydrogen-bond acceptors (Lipinski definition) is 7. The van der Waals surface area contributed by atoms with Crippen molar-refractivity contribution in [3.05, 3.63) is 56.4 Å². The molecule has 1 aromatic carbocycles. The minimum absolute atomic E-state index is 0.0979. The number of hydrogen-bond donors (Lipinski definition) is 2. The molecule has 0 fully saturated rings. The lowest BCUT2D eigenvalue weighted by atomic mass is 10.1. The Morgan fingerprint density at radius 1 is 1.42 bits per heavy atom. The molecule has 8 nitrogen and oxygen atoms in total. The zero-order valence-electron chi connectivity index (χ0n) is 12.6. The number of aromatic amines is 1. The summed E-state index contributed by atoms with van der Waals surface area (Å²) in [4.78, 5) is 28.2. The van der Waals surface area contributed by atoms with E-state index < -0.39 is 5.91 Å². The van der Waals surface area contributed by atoms with Crippen molar-refractivity contribution in [3.63, 3.8) is 0 Å². The van der Waals surface area contributed by atoms with E-state index in [4.69, 9.17) is 4.74 Å². The van der Waals surface area contributed by atoms with Gasteiger partial charge in [-0.05, 0) is 6.07 Å². The molecular weight excluding hydrogens is 330 g/mol. The Labute approximate surface area is 140 Å². The van der Waals surface area contributed by atoms with E-state index in [0.717, 1.165) is 5.01 Å². The number of benzene rings is 1. The fourth-order valence-corrected chi connectivity index (χ4v) is 2.79. The molecule has 0 spiro atoms. The quantitative estimate of drug-likeness (QED) is 0.536. The van der Waals surface area contributed by atoms with Crippen LogP contribution in [0.3, 0.4) is 0 Å². The molecule has 2 N–H and O–H groups in total. The zero-order valence-corrected chi connectivity index (χ0v) is 13.5. The molecule has 0 aliphatic heterocycles. The van der Waals surface area contributed by atoms with Gasteiger partial charge in [0.1, 0.15) is 5.01 Å². The molecule has 24 heavy (non-hydrogen) atoms. The van der Waals surface area contributed by atoms with Gasteiger partial charge < -0.3 is 4.74 Å². The average molecular weight is 343 g/mol. The Bertz CT molecular complexity index is 963. The average Bonchev–Trinajstić information content (AvgIpc) is 3.03. The summed E-state index contributed by atoms with van der Waals surface area (Å²) >= 11 is 1.44. The van der Waals surface area contributed by atoms with Crippen LogP contribution in [-0.2, 0) is 11.3 Å². The van der Waals surface area contributed by atoms with E-state index in [1.54, 1.807) is 36.8 Å². The third-order valence-electron chi connectivity index (χ3n) is 3.11. The molecule has 0 unspecified atom stereocenters. The van der Waals surface area contributed by atoms with Crippen molar-refractivity contribution in [2.75, 3.05) is 7.11 Å².